The Labute approximate surface area is 96.3 Å². The number of aryl methyl sites for hydroxylation is 1. The monoisotopic (exact) mass is 215 g/mol. The molecule has 0 radical (unpaired) electrons. The van der Waals surface area contributed by atoms with Gasteiger partial charge in [-0.3, -0.25) is 0 Å². The number of hydrogen-bond acceptors (Lipinski definition) is 2. The minimum atomic E-state index is 1.03. The lowest BCUT2D eigenvalue weighted by Gasteiger charge is -2.17. The molecule has 3 heteroatoms. The minimum absolute atomic E-state index is 1.03. The Morgan fingerprint density at radius 3 is 2.44 bits per heavy atom. The molecule has 2 rings (SSSR count). The zero-order valence-electron chi connectivity index (χ0n) is 10.2. The van der Waals surface area contributed by atoms with E-state index in [0.29, 0.717) is 0 Å². The summed E-state index contributed by atoms with van der Waals surface area (Å²) in [6, 6.07) is 8.37. The average Bonchev–Trinajstić information content (AvgIpc) is 2.60. The molecule has 0 spiro atoms. The molecular formula is C13H17N3. The van der Waals surface area contributed by atoms with Crippen molar-refractivity contribution in [2.45, 2.75) is 6.92 Å². The highest BCUT2D eigenvalue weighted by molar-refractivity contribution is 5.76. The van der Waals surface area contributed by atoms with Crippen LogP contribution in [-0.2, 0) is 7.05 Å². The van der Waals surface area contributed by atoms with Gasteiger partial charge in [-0.15, -0.1) is 0 Å². The molecule has 0 fully saturated rings. The first-order valence-corrected chi connectivity index (χ1v) is 5.36. The quantitative estimate of drug-likeness (QED) is 0.767. The Balaban J connectivity index is 2.60. The maximum Gasteiger partial charge on any atom is 0.105 e. The molecule has 84 valence electrons. The number of nitrogens with zero attached hydrogens (tertiary/aromatic N) is 3. The van der Waals surface area contributed by atoms with Gasteiger partial charge in [-0.2, -0.15) is 0 Å². The summed E-state index contributed by atoms with van der Waals surface area (Å²) in [6.07, 6.45) is 1.93. The molecule has 0 atom stereocenters. The van der Waals surface area contributed by atoms with Crippen LogP contribution in [0.3, 0.4) is 0 Å². The van der Waals surface area contributed by atoms with Crippen molar-refractivity contribution in [1.82, 2.24) is 9.55 Å². The van der Waals surface area contributed by atoms with E-state index in [2.05, 4.69) is 52.8 Å². The molecule has 0 saturated carbocycles. The molecule has 0 aliphatic carbocycles. The van der Waals surface area contributed by atoms with E-state index in [1.165, 1.54) is 11.3 Å². The van der Waals surface area contributed by atoms with E-state index in [4.69, 9.17) is 0 Å². The van der Waals surface area contributed by atoms with Crippen molar-refractivity contribution >= 4 is 5.69 Å². The molecule has 0 amide bonds. The highest BCUT2D eigenvalue weighted by atomic mass is 15.1. The van der Waals surface area contributed by atoms with Crippen molar-refractivity contribution in [3.63, 3.8) is 0 Å². The summed E-state index contributed by atoms with van der Waals surface area (Å²) < 4.78 is 2.11. The molecule has 16 heavy (non-hydrogen) atoms. The van der Waals surface area contributed by atoms with Gasteiger partial charge in [0.25, 0.3) is 0 Å². The molecule has 0 saturated heterocycles. The van der Waals surface area contributed by atoms with Crippen LogP contribution in [0.1, 0.15) is 5.82 Å². The predicted octanol–water partition coefficient (Wildman–Crippen LogP) is 2.46. The van der Waals surface area contributed by atoms with Crippen molar-refractivity contribution in [2.24, 2.45) is 7.05 Å². The topological polar surface area (TPSA) is 21.1 Å². The molecule has 1 aromatic heterocycles. The van der Waals surface area contributed by atoms with Crippen LogP contribution in [-0.4, -0.2) is 23.6 Å². The van der Waals surface area contributed by atoms with Crippen molar-refractivity contribution in [3.05, 3.63) is 36.3 Å². The molecule has 0 N–H and O–H groups in total. The molecular weight excluding hydrogens is 198 g/mol. The summed E-state index contributed by atoms with van der Waals surface area (Å²) in [5, 5.41) is 0. The van der Waals surface area contributed by atoms with Crippen molar-refractivity contribution in [2.75, 3.05) is 19.0 Å². The van der Waals surface area contributed by atoms with Crippen LogP contribution in [0, 0.1) is 6.92 Å². The van der Waals surface area contributed by atoms with Gasteiger partial charge in [-0.25, -0.2) is 4.98 Å². The first-order chi connectivity index (χ1) is 7.61. The lowest BCUT2D eigenvalue weighted by atomic mass is 10.1. The number of anilines is 1. The summed E-state index contributed by atoms with van der Waals surface area (Å²) in [5.74, 6) is 1.03. The van der Waals surface area contributed by atoms with Crippen molar-refractivity contribution in [1.29, 1.82) is 0 Å². The van der Waals surface area contributed by atoms with Gasteiger partial charge in [0.15, 0.2) is 0 Å². The van der Waals surface area contributed by atoms with Crippen LogP contribution in [0.2, 0.25) is 0 Å². The molecule has 1 aromatic carbocycles. The van der Waals surface area contributed by atoms with E-state index in [1.54, 1.807) is 0 Å². The van der Waals surface area contributed by atoms with Crippen LogP contribution < -0.4 is 4.90 Å². The second-order valence-corrected chi connectivity index (χ2v) is 4.16. The third-order valence-corrected chi connectivity index (χ3v) is 2.88. The Morgan fingerprint density at radius 1 is 1.19 bits per heavy atom. The first kappa shape index (κ1) is 10.7. The van der Waals surface area contributed by atoms with E-state index in [0.717, 1.165) is 11.5 Å². The largest absolute Gasteiger partial charge is 0.377 e. The van der Waals surface area contributed by atoms with E-state index in [1.807, 2.05) is 20.2 Å². The zero-order chi connectivity index (χ0) is 11.7. The third-order valence-electron chi connectivity index (χ3n) is 2.88. The summed E-state index contributed by atoms with van der Waals surface area (Å²) >= 11 is 0. The fraction of sp³-hybridized carbons (Fsp3) is 0.308. The highest BCUT2D eigenvalue weighted by Gasteiger charge is 2.10. The first-order valence-electron chi connectivity index (χ1n) is 5.36. The van der Waals surface area contributed by atoms with Gasteiger partial charge < -0.3 is 9.47 Å². The number of rotatable bonds is 2. The van der Waals surface area contributed by atoms with Gasteiger partial charge >= 0.3 is 0 Å². The predicted molar refractivity (Wildman–Crippen MR) is 67.7 cm³/mol. The van der Waals surface area contributed by atoms with Gasteiger partial charge in [0.2, 0.25) is 0 Å². The highest BCUT2D eigenvalue weighted by Crippen LogP contribution is 2.29. The number of aromatic nitrogens is 2. The van der Waals surface area contributed by atoms with Gasteiger partial charge in [0.05, 0.1) is 11.9 Å². The van der Waals surface area contributed by atoms with Gasteiger partial charge in [0, 0.05) is 32.4 Å². The Hall–Kier alpha value is -1.77. The SMILES string of the molecule is Cc1ncc(-c2ccccc2N(C)C)n1C. The number of imidazole rings is 1. The lowest BCUT2D eigenvalue weighted by molar-refractivity contribution is 0.864. The minimum Gasteiger partial charge on any atom is -0.377 e. The lowest BCUT2D eigenvalue weighted by Crippen LogP contribution is -2.10. The maximum atomic E-state index is 4.34. The summed E-state index contributed by atoms with van der Waals surface area (Å²) in [4.78, 5) is 6.46. The van der Waals surface area contributed by atoms with Crippen LogP contribution in [0.4, 0.5) is 5.69 Å². The molecule has 2 aromatic rings. The van der Waals surface area contributed by atoms with Crippen LogP contribution >= 0.6 is 0 Å². The fourth-order valence-corrected chi connectivity index (χ4v) is 1.83. The summed E-state index contributed by atoms with van der Waals surface area (Å²) in [5.41, 5.74) is 3.59. The van der Waals surface area contributed by atoms with E-state index < -0.39 is 0 Å². The normalized spacial score (nSPS) is 10.5. The van der Waals surface area contributed by atoms with Gasteiger partial charge in [-0.1, -0.05) is 18.2 Å². The van der Waals surface area contributed by atoms with Gasteiger partial charge in [-0.05, 0) is 13.0 Å². The second kappa shape index (κ2) is 4.00. The van der Waals surface area contributed by atoms with Crippen molar-refractivity contribution < 1.29 is 0 Å². The number of para-hydroxylation sites is 1. The fourth-order valence-electron chi connectivity index (χ4n) is 1.83. The Bertz CT molecular complexity index is 498. The summed E-state index contributed by atoms with van der Waals surface area (Å²) in [6.45, 7) is 2.02. The van der Waals surface area contributed by atoms with E-state index in [-0.39, 0.29) is 0 Å². The molecule has 1 heterocycles. The second-order valence-electron chi connectivity index (χ2n) is 4.16. The Kier molecular flexibility index (Phi) is 2.69. The third kappa shape index (κ3) is 1.69. The standard InChI is InChI=1S/C13H17N3/c1-10-14-9-13(16(10)4)11-7-5-6-8-12(11)15(2)3/h5-9H,1-4H3. The van der Waals surface area contributed by atoms with Crippen LogP contribution in [0.15, 0.2) is 30.5 Å². The average molecular weight is 215 g/mol. The van der Waals surface area contributed by atoms with Gasteiger partial charge in [0.1, 0.15) is 5.82 Å². The molecule has 0 aliphatic heterocycles. The van der Waals surface area contributed by atoms with E-state index in [9.17, 15) is 0 Å². The van der Waals surface area contributed by atoms with Crippen molar-refractivity contribution in [3.8, 4) is 11.3 Å². The zero-order valence-corrected chi connectivity index (χ0v) is 10.2. The maximum absolute atomic E-state index is 4.34. The molecule has 0 unspecified atom stereocenters. The van der Waals surface area contributed by atoms with E-state index >= 15 is 0 Å². The molecule has 0 bridgehead atoms. The summed E-state index contributed by atoms with van der Waals surface area (Å²) in [7, 11) is 6.16. The smallest absolute Gasteiger partial charge is 0.105 e. The Morgan fingerprint density at radius 2 is 1.88 bits per heavy atom. The molecule has 3 nitrogen and oxygen atoms in total. The van der Waals surface area contributed by atoms with Crippen LogP contribution in [0.5, 0.6) is 0 Å². The molecule has 0 aliphatic rings. The van der Waals surface area contributed by atoms with Crippen LogP contribution in [0.25, 0.3) is 11.3 Å². The number of benzene rings is 1. The number of hydrogen-bond donors (Lipinski definition) is 0.